The van der Waals surface area contributed by atoms with Gasteiger partial charge in [-0.2, -0.15) is 0 Å². The predicted octanol–water partition coefficient (Wildman–Crippen LogP) is 1.85. The predicted molar refractivity (Wildman–Crippen MR) is 74.5 cm³/mol. The van der Waals surface area contributed by atoms with Crippen LogP contribution in [-0.4, -0.2) is 48.8 Å². The van der Waals surface area contributed by atoms with Crippen molar-refractivity contribution < 1.29 is 23.4 Å². The summed E-state index contributed by atoms with van der Waals surface area (Å²) in [5, 5.41) is 11.9. The largest absolute Gasteiger partial charge is 0.488 e. The number of amides is 2. The highest BCUT2D eigenvalue weighted by atomic mass is 19.3. The third kappa shape index (κ3) is 6.89. The summed E-state index contributed by atoms with van der Waals surface area (Å²) in [6.45, 7) is 1.40. The van der Waals surface area contributed by atoms with Crippen LogP contribution in [0.4, 0.5) is 13.6 Å². The first-order valence-corrected chi connectivity index (χ1v) is 6.55. The van der Waals surface area contributed by atoms with E-state index in [1.54, 1.807) is 38.2 Å². The topological polar surface area (TPSA) is 61.8 Å². The standard InChI is InChI=1S/C14H20F2N2O3/c1-10(19)8-18(2)14(20)17-7-11-4-3-5-12(6-11)21-9-13(15)16/h3-6,10,13,19H,7-9H2,1-2H3,(H,17,20). The summed E-state index contributed by atoms with van der Waals surface area (Å²) in [5.74, 6) is 0.333. The highest BCUT2D eigenvalue weighted by Gasteiger charge is 2.10. The number of nitrogens with zero attached hydrogens (tertiary/aromatic N) is 1. The second kappa shape index (κ2) is 8.41. The molecule has 0 aliphatic heterocycles. The lowest BCUT2D eigenvalue weighted by Crippen LogP contribution is -2.40. The van der Waals surface area contributed by atoms with Gasteiger partial charge in [-0.05, 0) is 24.6 Å². The molecule has 0 saturated heterocycles. The quantitative estimate of drug-likeness (QED) is 0.808. The van der Waals surface area contributed by atoms with Gasteiger partial charge in [0.2, 0.25) is 0 Å². The number of rotatable bonds is 7. The van der Waals surface area contributed by atoms with E-state index in [0.717, 1.165) is 5.56 Å². The van der Waals surface area contributed by atoms with E-state index < -0.39 is 19.1 Å². The molecule has 1 aromatic carbocycles. The number of nitrogens with one attached hydrogen (secondary N) is 1. The Bertz CT molecular complexity index is 456. The van der Waals surface area contributed by atoms with Crippen molar-refractivity contribution in [3.8, 4) is 5.75 Å². The monoisotopic (exact) mass is 302 g/mol. The number of benzene rings is 1. The van der Waals surface area contributed by atoms with Crippen molar-refractivity contribution >= 4 is 6.03 Å². The van der Waals surface area contributed by atoms with Gasteiger partial charge in [-0.25, -0.2) is 13.6 Å². The van der Waals surface area contributed by atoms with Gasteiger partial charge >= 0.3 is 6.03 Å². The Hall–Kier alpha value is -1.89. The van der Waals surface area contributed by atoms with Crippen LogP contribution in [0.15, 0.2) is 24.3 Å². The van der Waals surface area contributed by atoms with E-state index in [-0.39, 0.29) is 19.1 Å². The Kier molecular flexibility index (Phi) is 6.87. The van der Waals surface area contributed by atoms with Crippen molar-refractivity contribution in [2.24, 2.45) is 0 Å². The maximum absolute atomic E-state index is 12.1. The first kappa shape index (κ1) is 17.2. The number of hydrogen-bond donors (Lipinski definition) is 2. The molecule has 0 aliphatic carbocycles. The zero-order chi connectivity index (χ0) is 15.8. The average molecular weight is 302 g/mol. The van der Waals surface area contributed by atoms with Crippen molar-refractivity contribution in [1.29, 1.82) is 0 Å². The first-order valence-electron chi connectivity index (χ1n) is 6.55. The number of halogens is 2. The second-order valence-electron chi connectivity index (χ2n) is 4.74. The zero-order valence-corrected chi connectivity index (χ0v) is 12.1. The summed E-state index contributed by atoms with van der Waals surface area (Å²) in [6.07, 6.45) is -3.13. The number of aliphatic hydroxyl groups is 1. The minimum atomic E-state index is -2.53. The van der Waals surface area contributed by atoms with Crippen LogP contribution in [0.1, 0.15) is 12.5 Å². The molecule has 0 aromatic heterocycles. The Labute approximate surface area is 122 Å². The number of carbonyl (C=O) groups excluding carboxylic acids is 1. The fourth-order valence-electron chi connectivity index (χ4n) is 1.70. The molecule has 0 heterocycles. The molecule has 0 radical (unpaired) electrons. The highest BCUT2D eigenvalue weighted by molar-refractivity contribution is 5.73. The van der Waals surface area contributed by atoms with Crippen LogP contribution in [0.2, 0.25) is 0 Å². The lowest BCUT2D eigenvalue weighted by atomic mass is 10.2. The van der Waals surface area contributed by atoms with E-state index in [1.165, 1.54) is 4.90 Å². The van der Waals surface area contributed by atoms with E-state index >= 15 is 0 Å². The van der Waals surface area contributed by atoms with E-state index in [1.807, 2.05) is 0 Å². The minimum Gasteiger partial charge on any atom is -0.488 e. The number of likely N-dealkylation sites (N-methyl/N-ethyl adjacent to an activating group) is 1. The van der Waals surface area contributed by atoms with Gasteiger partial charge in [-0.15, -0.1) is 0 Å². The highest BCUT2D eigenvalue weighted by Crippen LogP contribution is 2.14. The van der Waals surface area contributed by atoms with E-state index in [0.29, 0.717) is 5.75 Å². The van der Waals surface area contributed by atoms with Crippen LogP contribution >= 0.6 is 0 Å². The molecule has 2 N–H and O–H groups in total. The van der Waals surface area contributed by atoms with Gasteiger partial charge in [-0.3, -0.25) is 0 Å². The Balaban J connectivity index is 2.48. The summed E-state index contributed by atoms with van der Waals surface area (Å²) < 4.78 is 29.0. The molecule has 1 unspecified atom stereocenters. The molecule has 1 atom stereocenters. The van der Waals surface area contributed by atoms with Crippen molar-refractivity contribution in [2.45, 2.75) is 26.0 Å². The summed E-state index contributed by atoms with van der Waals surface area (Å²) >= 11 is 0. The molecule has 0 saturated carbocycles. The summed E-state index contributed by atoms with van der Waals surface area (Å²) in [7, 11) is 1.57. The maximum atomic E-state index is 12.1. The number of ether oxygens (including phenoxy) is 1. The van der Waals surface area contributed by atoms with Crippen LogP contribution in [-0.2, 0) is 6.54 Å². The third-order valence-corrected chi connectivity index (χ3v) is 2.60. The minimum absolute atomic E-state index is 0.226. The lowest BCUT2D eigenvalue weighted by molar-refractivity contribution is 0.0818. The first-order chi connectivity index (χ1) is 9.88. The average Bonchev–Trinajstić information content (AvgIpc) is 2.42. The van der Waals surface area contributed by atoms with E-state index in [9.17, 15) is 18.7 Å². The van der Waals surface area contributed by atoms with Gasteiger partial charge < -0.3 is 20.1 Å². The molecular formula is C14H20F2N2O3. The molecule has 0 fully saturated rings. The summed E-state index contributed by atoms with van der Waals surface area (Å²) in [4.78, 5) is 13.1. The fraction of sp³-hybridized carbons (Fsp3) is 0.500. The molecule has 118 valence electrons. The van der Waals surface area contributed by atoms with Gasteiger partial charge in [0.05, 0.1) is 6.10 Å². The number of hydrogen-bond acceptors (Lipinski definition) is 3. The van der Waals surface area contributed by atoms with E-state index in [2.05, 4.69) is 5.32 Å². The number of alkyl halides is 2. The Morgan fingerprint density at radius 3 is 2.81 bits per heavy atom. The molecule has 5 nitrogen and oxygen atoms in total. The van der Waals surface area contributed by atoms with Crippen LogP contribution in [0.25, 0.3) is 0 Å². The van der Waals surface area contributed by atoms with Gasteiger partial charge in [0.15, 0.2) is 0 Å². The maximum Gasteiger partial charge on any atom is 0.317 e. The van der Waals surface area contributed by atoms with Gasteiger partial charge in [0.1, 0.15) is 12.4 Å². The molecule has 0 aliphatic rings. The molecule has 2 amide bonds. The molecule has 1 rings (SSSR count). The normalized spacial score (nSPS) is 12.1. The summed E-state index contributed by atoms with van der Waals surface area (Å²) in [5.41, 5.74) is 0.737. The second-order valence-corrected chi connectivity index (χ2v) is 4.74. The summed E-state index contributed by atoms with van der Waals surface area (Å²) in [6, 6.07) is 6.27. The number of carbonyl (C=O) groups is 1. The molecule has 0 spiro atoms. The van der Waals surface area contributed by atoms with Crippen molar-refractivity contribution in [2.75, 3.05) is 20.2 Å². The van der Waals surface area contributed by atoms with Crippen molar-refractivity contribution in [3.63, 3.8) is 0 Å². The molecule has 21 heavy (non-hydrogen) atoms. The van der Waals surface area contributed by atoms with Crippen LogP contribution in [0.3, 0.4) is 0 Å². The lowest BCUT2D eigenvalue weighted by Gasteiger charge is -2.19. The van der Waals surface area contributed by atoms with Gasteiger partial charge in [-0.1, -0.05) is 12.1 Å². The molecule has 1 aromatic rings. The van der Waals surface area contributed by atoms with Crippen LogP contribution in [0, 0.1) is 0 Å². The van der Waals surface area contributed by atoms with Gasteiger partial charge in [0.25, 0.3) is 6.43 Å². The molecule has 7 heteroatoms. The van der Waals surface area contributed by atoms with Crippen molar-refractivity contribution in [1.82, 2.24) is 10.2 Å². The Morgan fingerprint density at radius 1 is 1.48 bits per heavy atom. The molecular weight excluding hydrogens is 282 g/mol. The molecule has 0 bridgehead atoms. The van der Waals surface area contributed by atoms with Gasteiger partial charge in [0, 0.05) is 20.1 Å². The third-order valence-electron chi connectivity index (χ3n) is 2.60. The SMILES string of the molecule is CC(O)CN(C)C(=O)NCc1cccc(OCC(F)F)c1. The fourth-order valence-corrected chi connectivity index (χ4v) is 1.70. The van der Waals surface area contributed by atoms with Crippen LogP contribution in [0.5, 0.6) is 5.75 Å². The number of urea groups is 1. The van der Waals surface area contributed by atoms with Crippen molar-refractivity contribution in [3.05, 3.63) is 29.8 Å². The van der Waals surface area contributed by atoms with E-state index in [4.69, 9.17) is 4.74 Å². The smallest absolute Gasteiger partial charge is 0.317 e. The number of aliphatic hydroxyl groups excluding tert-OH is 1. The Morgan fingerprint density at radius 2 is 2.19 bits per heavy atom. The van der Waals surface area contributed by atoms with Crippen LogP contribution < -0.4 is 10.1 Å². The zero-order valence-electron chi connectivity index (χ0n) is 12.1.